The number of fused-ring (bicyclic) bond motifs is 1. The van der Waals surface area contributed by atoms with Crippen LogP contribution in [0.1, 0.15) is 18.0 Å². The lowest BCUT2D eigenvalue weighted by molar-refractivity contribution is -0.142. The number of halogens is 1. The zero-order valence-electron chi connectivity index (χ0n) is 26.2. The first kappa shape index (κ1) is 33.1. The van der Waals surface area contributed by atoms with E-state index >= 15 is 4.79 Å². The summed E-state index contributed by atoms with van der Waals surface area (Å²) >= 11 is 5.45. The number of benzene rings is 3. The highest BCUT2D eigenvalue weighted by Crippen LogP contribution is 2.69. The first-order valence-corrected chi connectivity index (χ1v) is 17.4. The molecule has 3 aliphatic heterocycles. The van der Waals surface area contributed by atoms with Crippen LogP contribution in [-0.2, 0) is 14.4 Å². The number of aliphatic hydroxyl groups excluding tert-OH is 1. The van der Waals surface area contributed by atoms with E-state index in [2.05, 4.69) is 29.1 Å². The van der Waals surface area contributed by atoms with Gasteiger partial charge in [-0.3, -0.25) is 14.4 Å². The average Bonchev–Trinajstić information content (AvgIpc) is 3.70. The fraction of sp³-hybridized carbons (Fsp3) is 0.324. The molecule has 2 bridgehead atoms. The summed E-state index contributed by atoms with van der Waals surface area (Å²) in [6, 6.07) is 24.1. The Morgan fingerprint density at radius 3 is 2.13 bits per heavy atom. The Balaban J connectivity index is 1.49. The number of carbonyl (C=O) groups excluding carboxylic acids is 3. The number of hydrogen-bond donors (Lipinski definition) is 1. The van der Waals surface area contributed by atoms with Crippen LogP contribution in [0.2, 0.25) is 0 Å². The standard InChI is InChI=1S/C37H38BrN3O5S/c1-4-20-39(25-14-10-7-11-15-25)34(43)30-31-35(44)41(29(23-42)24-12-8-6-9-13-24)33(37(31)22-28(38)32(30)47-37)36(45)40(21-5-2)26-16-18-27(46-3)19-17-26/h4-19,28-33,42H,1-2,20-23H2,3H3/t28?,29-,30-,31+,32-,33?,37?/m1/s1. The minimum atomic E-state index is -0.961. The number of para-hydroxylation sites is 1. The van der Waals surface area contributed by atoms with Crippen molar-refractivity contribution in [3.63, 3.8) is 0 Å². The number of anilines is 2. The van der Waals surface area contributed by atoms with Crippen molar-refractivity contribution < 1.29 is 24.2 Å². The zero-order valence-corrected chi connectivity index (χ0v) is 28.6. The number of rotatable bonds is 12. The van der Waals surface area contributed by atoms with E-state index in [9.17, 15) is 14.7 Å². The van der Waals surface area contributed by atoms with Crippen LogP contribution < -0.4 is 14.5 Å². The van der Waals surface area contributed by atoms with Gasteiger partial charge in [0.2, 0.25) is 11.8 Å². The van der Waals surface area contributed by atoms with Crippen molar-refractivity contribution in [1.29, 1.82) is 0 Å². The van der Waals surface area contributed by atoms with E-state index < -0.39 is 28.7 Å². The Kier molecular flexibility index (Phi) is 9.64. The fourth-order valence-corrected chi connectivity index (χ4v) is 11.2. The summed E-state index contributed by atoms with van der Waals surface area (Å²) < 4.78 is 4.43. The summed E-state index contributed by atoms with van der Waals surface area (Å²) in [7, 11) is 1.58. The second kappa shape index (κ2) is 13.7. The van der Waals surface area contributed by atoms with Crippen LogP contribution in [-0.4, -0.2) is 75.4 Å². The summed E-state index contributed by atoms with van der Waals surface area (Å²) in [4.78, 5) is 49.5. The molecule has 3 unspecified atom stereocenters. The summed E-state index contributed by atoms with van der Waals surface area (Å²) in [6.45, 7) is 7.90. The molecule has 3 heterocycles. The molecule has 10 heteroatoms. The number of nitrogens with zero attached hydrogens (tertiary/aromatic N) is 3. The maximum atomic E-state index is 15.1. The van der Waals surface area contributed by atoms with Crippen molar-refractivity contribution in [3.8, 4) is 5.75 Å². The number of methoxy groups -OCH3 is 1. The van der Waals surface area contributed by atoms with E-state index in [-0.39, 0.29) is 47.5 Å². The maximum absolute atomic E-state index is 15.1. The van der Waals surface area contributed by atoms with Gasteiger partial charge in [0.15, 0.2) is 0 Å². The molecule has 3 saturated heterocycles. The second-order valence-electron chi connectivity index (χ2n) is 12.0. The second-order valence-corrected chi connectivity index (χ2v) is 14.7. The molecule has 0 radical (unpaired) electrons. The predicted octanol–water partition coefficient (Wildman–Crippen LogP) is 5.63. The third kappa shape index (κ3) is 5.60. The van der Waals surface area contributed by atoms with Crippen molar-refractivity contribution in [2.75, 3.05) is 36.6 Å². The molecular formula is C37H38BrN3O5S. The monoisotopic (exact) mass is 715 g/mol. The van der Waals surface area contributed by atoms with Gasteiger partial charge in [-0.1, -0.05) is 76.6 Å². The Morgan fingerprint density at radius 2 is 1.55 bits per heavy atom. The number of carbonyl (C=O) groups is 3. The summed E-state index contributed by atoms with van der Waals surface area (Å²) in [5.41, 5.74) is 2.06. The lowest BCUT2D eigenvalue weighted by Crippen LogP contribution is -2.56. The van der Waals surface area contributed by atoms with Gasteiger partial charge < -0.3 is 24.5 Å². The first-order valence-electron chi connectivity index (χ1n) is 15.6. The van der Waals surface area contributed by atoms with E-state index in [1.165, 1.54) is 0 Å². The van der Waals surface area contributed by atoms with Crippen LogP contribution in [0.15, 0.2) is 110 Å². The van der Waals surface area contributed by atoms with Crippen molar-refractivity contribution in [1.82, 2.24) is 4.90 Å². The van der Waals surface area contributed by atoms with Crippen LogP contribution in [0, 0.1) is 11.8 Å². The molecule has 0 aromatic heterocycles. The Bertz CT molecular complexity index is 1640. The highest BCUT2D eigenvalue weighted by Gasteiger charge is 2.76. The van der Waals surface area contributed by atoms with Gasteiger partial charge in [-0.15, -0.1) is 24.9 Å². The highest BCUT2D eigenvalue weighted by atomic mass is 79.9. The molecule has 7 atom stereocenters. The van der Waals surface area contributed by atoms with Crippen LogP contribution in [0.5, 0.6) is 5.75 Å². The molecule has 3 aromatic carbocycles. The van der Waals surface area contributed by atoms with E-state index in [0.29, 0.717) is 23.4 Å². The molecule has 1 spiro atoms. The molecule has 1 N–H and O–H groups in total. The van der Waals surface area contributed by atoms with E-state index in [1.807, 2.05) is 72.8 Å². The third-order valence-electron chi connectivity index (χ3n) is 9.55. The van der Waals surface area contributed by atoms with E-state index in [4.69, 9.17) is 4.74 Å². The molecule has 3 amide bonds. The summed E-state index contributed by atoms with van der Waals surface area (Å²) in [5.74, 6) is -1.58. The van der Waals surface area contributed by atoms with Gasteiger partial charge in [-0.05, 0) is 48.4 Å². The summed E-state index contributed by atoms with van der Waals surface area (Å²) in [6.07, 6.45) is 3.85. The largest absolute Gasteiger partial charge is 0.497 e. The van der Waals surface area contributed by atoms with Crippen molar-refractivity contribution in [2.45, 2.75) is 33.3 Å². The molecule has 47 heavy (non-hydrogen) atoms. The number of amides is 3. The lowest BCUT2D eigenvalue weighted by atomic mass is 9.70. The van der Waals surface area contributed by atoms with Gasteiger partial charge in [0.25, 0.3) is 5.91 Å². The first-order chi connectivity index (χ1) is 22.8. The molecule has 8 nitrogen and oxygen atoms in total. The Labute approximate surface area is 288 Å². The SMILES string of the molecule is C=CCN(C(=O)C1N([C@H](CO)c2ccccc2)C(=O)[C@@H]2[C@@H](C(=O)N(CC=C)c3ccccc3)[C@@H]3SC12CC3Br)c1ccc(OC)cc1. The topological polar surface area (TPSA) is 90.4 Å². The molecule has 3 fully saturated rings. The molecule has 3 aliphatic rings. The summed E-state index contributed by atoms with van der Waals surface area (Å²) in [5, 5.41) is 10.7. The van der Waals surface area contributed by atoms with Crippen molar-refractivity contribution >= 4 is 56.8 Å². The van der Waals surface area contributed by atoms with Crippen LogP contribution in [0.3, 0.4) is 0 Å². The Hall–Kier alpha value is -3.86. The van der Waals surface area contributed by atoms with Gasteiger partial charge >= 0.3 is 0 Å². The van der Waals surface area contributed by atoms with Crippen LogP contribution in [0.25, 0.3) is 0 Å². The Morgan fingerprint density at radius 1 is 0.979 bits per heavy atom. The number of likely N-dealkylation sites (tertiary alicyclic amines) is 1. The van der Waals surface area contributed by atoms with E-state index in [1.54, 1.807) is 57.9 Å². The normalized spacial score (nSPS) is 26.4. The molecule has 6 rings (SSSR count). The molecule has 3 aromatic rings. The van der Waals surface area contributed by atoms with Crippen molar-refractivity contribution in [2.24, 2.45) is 11.8 Å². The molecule has 0 saturated carbocycles. The minimum absolute atomic E-state index is 0.111. The molecule has 0 aliphatic carbocycles. The number of thioether (sulfide) groups is 1. The van der Waals surface area contributed by atoms with Gasteiger partial charge in [0, 0.05) is 34.5 Å². The fourth-order valence-electron chi connectivity index (χ4n) is 7.60. The highest BCUT2D eigenvalue weighted by molar-refractivity contribution is 9.09. The lowest BCUT2D eigenvalue weighted by Gasteiger charge is -2.40. The third-order valence-corrected chi connectivity index (χ3v) is 12.8. The van der Waals surface area contributed by atoms with Crippen molar-refractivity contribution in [3.05, 3.63) is 116 Å². The van der Waals surface area contributed by atoms with Crippen LogP contribution in [0.4, 0.5) is 11.4 Å². The number of ether oxygens (including phenoxy) is 1. The average molecular weight is 717 g/mol. The van der Waals surface area contributed by atoms with Gasteiger partial charge in [-0.25, -0.2) is 0 Å². The van der Waals surface area contributed by atoms with Gasteiger partial charge in [-0.2, -0.15) is 0 Å². The number of alkyl halides is 1. The van der Waals surface area contributed by atoms with Gasteiger partial charge in [0.1, 0.15) is 11.8 Å². The molecule has 244 valence electrons. The van der Waals surface area contributed by atoms with Crippen LogP contribution >= 0.6 is 27.7 Å². The van der Waals surface area contributed by atoms with E-state index in [0.717, 1.165) is 5.69 Å². The predicted molar refractivity (Wildman–Crippen MR) is 190 cm³/mol. The quantitative estimate of drug-likeness (QED) is 0.193. The number of aliphatic hydroxyl groups is 1. The smallest absolute Gasteiger partial charge is 0.251 e. The van der Waals surface area contributed by atoms with Gasteiger partial charge in [0.05, 0.1) is 36.3 Å². The number of hydrogen-bond acceptors (Lipinski definition) is 6. The molecular weight excluding hydrogens is 678 g/mol. The zero-order chi connectivity index (χ0) is 33.3. The minimum Gasteiger partial charge on any atom is -0.497 e. The maximum Gasteiger partial charge on any atom is 0.251 e.